The van der Waals surface area contributed by atoms with Crippen molar-refractivity contribution >= 4 is 22.6 Å². The van der Waals surface area contributed by atoms with E-state index in [9.17, 15) is 4.79 Å². The molecule has 4 nitrogen and oxygen atoms in total. The maximum Gasteiger partial charge on any atom is 0.303 e. The molecule has 4 heteroatoms. The SMILES string of the molecule is CC(c1ccccc1)C(Nc1ccc(CCC(=O)O)cc1)c1ccc2cc[nH]c2c1. The number of nitrogens with one attached hydrogen (secondary N) is 2. The van der Waals surface area contributed by atoms with Crippen molar-refractivity contribution in [2.75, 3.05) is 5.32 Å². The summed E-state index contributed by atoms with van der Waals surface area (Å²) in [6, 6.07) is 27.3. The Bertz CT molecular complexity index is 1120. The summed E-state index contributed by atoms with van der Waals surface area (Å²) in [6.07, 6.45) is 2.66. The molecule has 1 heterocycles. The first-order valence-electron chi connectivity index (χ1n) is 10.3. The highest BCUT2D eigenvalue weighted by atomic mass is 16.4. The number of benzene rings is 3. The van der Waals surface area contributed by atoms with Gasteiger partial charge in [0.2, 0.25) is 0 Å². The van der Waals surface area contributed by atoms with Crippen molar-refractivity contribution in [2.24, 2.45) is 0 Å². The lowest BCUT2D eigenvalue weighted by molar-refractivity contribution is -0.136. The third-order valence-corrected chi connectivity index (χ3v) is 5.67. The van der Waals surface area contributed by atoms with E-state index < -0.39 is 5.97 Å². The van der Waals surface area contributed by atoms with Gasteiger partial charge in [0.25, 0.3) is 0 Å². The van der Waals surface area contributed by atoms with Crippen LogP contribution in [0.2, 0.25) is 0 Å². The van der Waals surface area contributed by atoms with Gasteiger partial charge in [0.1, 0.15) is 0 Å². The molecule has 30 heavy (non-hydrogen) atoms. The van der Waals surface area contributed by atoms with Crippen LogP contribution in [0, 0.1) is 0 Å². The molecular weight excluding hydrogens is 372 g/mol. The average molecular weight is 399 g/mol. The van der Waals surface area contributed by atoms with E-state index in [0.717, 1.165) is 16.8 Å². The first-order valence-corrected chi connectivity index (χ1v) is 10.3. The number of carboxylic acids is 1. The summed E-state index contributed by atoms with van der Waals surface area (Å²) in [5.74, 6) is -0.515. The molecule has 152 valence electrons. The minimum absolute atomic E-state index is 0.0879. The maximum atomic E-state index is 10.8. The number of rotatable bonds is 8. The predicted molar refractivity (Wildman–Crippen MR) is 122 cm³/mol. The van der Waals surface area contributed by atoms with Crippen LogP contribution in [0.25, 0.3) is 10.9 Å². The lowest BCUT2D eigenvalue weighted by atomic mass is 9.88. The topological polar surface area (TPSA) is 65.1 Å². The molecule has 0 aliphatic heterocycles. The van der Waals surface area contributed by atoms with Crippen molar-refractivity contribution in [2.45, 2.75) is 31.7 Å². The molecule has 0 aliphatic rings. The number of H-pyrrole nitrogens is 1. The molecule has 0 amide bonds. The molecule has 4 aromatic rings. The molecule has 0 fully saturated rings. The van der Waals surface area contributed by atoms with Gasteiger partial charge < -0.3 is 15.4 Å². The number of aromatic nitrogens is 1. The largest absolute Gasteiger partial charge is 0.481 e. The number of aryl methyl sites for hydroxylation is 1. The molecule has 0 spiro atoms. The fraction of sp³-hybridized carbons (Fsp3) is 0.192. The lowest BCUT2D eigenvalue weighted by Crippen LogP contribution is -2.17. The van der Waals surface area contributed by atoms with E-state index in [1.54, 1.807) is 0 Å². The van der Waals surface area contributed by atoms with E-state index in [1.165, 1.54) is 16.5 Å². The highest BCUT2D eigenvalue weighted by molar-refractivity contribution is 5.80. The third-order valence-electron chi connectivity index (χ3n) is 5.67. The van der Waals surface area contributed by atoms with Crippen molar-refractivity contribution in [3.8, 4) is 0 Å². The van der Waals surface area contributed by atoms with E-state index >= 15 is 0 Å². The smallest absolute Gasteiger partial charge is 0.303 e. The van der Waals surface area contributed by atoms with Crippen molar-refractivity contribution in [1.82, 2.24) is 4.98 Å². The molecule has 0 radical (unpaired) electrons. The number of carbonyl (C=O) groups is 1. The summed E-state index contributed by atoms with van der Waals surface area (Å²) >= 11 is 0. The normalized spacial score (nSPS) is 13.1. The Kier molecular flexibility index (Phi) is 5.84. The van der Waals surface area contributed by atoms with Gasteiger partial charge in [0.15, 0.2) is 0 Å². The Balaban J connectivity index is 1.62. The van der Waals surface area contributed by atoms with E-state index in [1.807, 2.05) is 36.5 Å². The lowest BCUT2D eigenvalue weighted by Gasteiger charge is -2.27. The number of fused-ring (bicyclic) bond motifs is 1. The number of hydrogen-bond donors (Lipinski definition) is 3. The van der Waals surface area contributed by atoms with Crippen LogP contribution in [-0.4, -0.2) is 16.1 Å². The fourth-order valence-corrected chi connectivity index (χ4v) is 3.90. The van der Waals surface area contributed by atoms with Crippen LogP contribution in [0.5, 0.6) is 0 Å². The quantitative estimate of drug-likeness (QED) is 0.334. The van der Waals surface area contributed by atoms with Gasteiger partial charge in [0, 0.05) is 29.7 Å². The highest BCUT2D eigenvalue weighted by Gasteiger charge is 2.21. The summed E-state index contributed by atoms with van der Waals surface area (Å²) < 4.78 is 0. The monoisotopic (exact) mass is 398 g/mol. The molecule has 0 bridgehead atoms. The van der Waals surface area contributed by atoms with Crippen LogP contribution in [0.4, 0.5) is 5.69 Å². The Morgan fingerprint density at radius 2 is 1.73 bits per heavy atom. The Hall–Kier alpha value is -3.53. The van der Waals surface area contributed by atoms with Gasteiger partial charge in [-0.15, -0.1) is 0 Å². The molecule has 4 rings (SSSR count). The second-order valence-electron chi connectivity index (χ2n) is 7.74. The number of carboxylic acid groups (broad SMARTS) is 1. The van der Waals surface area contributed by atoms with Crippen LogP contribution in [-0.2, 0) is 11.2 Å². The molecule has 0 saturated heterocycles. The summed E-state index contributed by atoms with van der Waals surface area (Å²) in [5.41, 5.74) is 5.68. The molecule has 1 aromatic heterocycles. The van der Waals surface area contributed by atoms with Crippen molar-refractivity contribution in [3.63, 3.8) is 0 Å². The zero-order valence-electron chi connectivity index (χ0n) is 17.0. The average Bonchev–Trinajstić information content (AvgIpc) is 3.25. The van der Waals surface area contributed by atoms with E-state index in [4.69, 9.17) is 5.11 Å². The Morgan fingerprint density at radius 1 is 0.967 bits per heavy atom. The Labute approximate surface area is 176 Å². The van der Waals surface area contributed by atoms with Crippen LogP contribution >= 0.6 is 0 Å². The van der Waals surface area contributed by atoms with Crippen molar-refractivity contribution in [3.05, 3.63) is 102 Å². The maximum absolute atomic E-state index is 10.8. The molecular formula is C26H26N2O2. The predicted octanol–water partition coefficient (Wildman–Crippen LogP) is 6.14. The summed E-state index contributed by atoms with van der Waals surface area (Å²) in [7, 11) is 0. The van der Waals surface area contributed by atoms with Gasteiger partial charge in [-0.05, 0) is 52.8 Å². The third kappa shape index (κ3) is 4.54. The molecule has 2 unspecified atom stereocenters. The van der Waals surface area contributed by atoms with Gasteiger partial charge in [-0.1, -0.05) is 61.5 Å². The minimum Gasteiger partial charge on any atom is -0.481 e. The zero-order chi connectivity index (χ0) is 20.9. The molecule has 3 aromatic carbocycles. The second-order valence-corrected chi connectivity index (χ2v) is 7.74. The molecule has 0 saturated carbocycles. The van der Waals surface area contributed by atoms with Crippen LogP contribution in [0.15, 0.2) is 85.1 Å². The van der Waals surface area contributed by atoms with Gasteiger partial charge in [-0.2, -0.15) is 0 Å². The van der Waals surface area contributed by atoms with E-state index in [0.29, 0.717) is 6.42 Å². The second kappa shape index (κ2) is 8.87. The molecule has 3 N–H and O–H groups in total. The van der Waals surface area contributed by atoms with E-state index in [2.05, 4.69) is 65.8 Å². The number of hydrogen-bond acceptors (Lipinski definition) is 2. The first kappa shape index (κ1) is 19.8. The first-order chi connectivity index (χ1) is 14.6. The van der Waals surface area contributed by atoms with Gasteiger partial charge in [-0.3, -0.25) is 4.79 Å². The number of aromatic amines is 1. The van der Waals surface area contributed by atoms with Gasteiger partial charge in [-0.25, -0.2) is 0 Å². The highest BCUT2D eigenvalue weighted by Crippen LogP contribution is 2.35. The summed E-state index contributed by atoms with van der Waals surface area (Å²) in [5, 5.41) is 13.8. The Morgan fingerprint density at radius 3 is 2.47 bits per heavy atom. The van der Waals surface area contributed by atoms with Crippen LogP contribution in [0.1, 0.15) is 42.0 Å². The van der Waals surface area contributed by atoms with E-state index in [-0.39, 0.29) is 18.4 Å². The van der Waals surface area contributed by atoms with Crippen molar-refractivity contribution < 1.29 is 9.90 Å². The number of aliphatic carboxylic acids is 1. The number of anilines is 1. The zero-order valence-corrected chi connectivity index (χ0v) is 17.0. The van der Waals surface area contributed by atoms with Crippen molar-refractivity contribution in [1.29, 1.82) is 0 Å². The van der Waals surface area contributed by atoms with Gasteiger partial charge >= 0.3 is 5.97 Å². The molecule has 2 atom stereocenters. The summed E-state index contributed by atoms with van der Waals surface area (Å²) in [4.78, 5) is 14.1. The van der Waals surface area contributed by atoms with Crippen LogP contribution < -0.4 is 5.32 Å². The standard InChI is InChI=1S/C26H26N2O2/c1-18(20-5-3-2-4-6-20)26(22-11-10-21-15-16-27-24(21)17-22)28-23-12-7-19(8-13-23)9-14-25(29)30/h2-8,10-13,15-18,26-28H,9,14H2,1H3,(H,29,30). The molecule has 0 aliphatic carbocycles. The van der Waals surface area contributed by atoms with Crippen LogP contribution in [0.3, 0.4) is 0 Å². The fourth-order valence-electron chi connectivity index (χ4n) is 3.90. The summed E-state index contributed by atoms with van der Waals surface area (Å²) in [6.45, 7) is 2.24. The minimum atomic E-state index is -0.770. The van der Waals surface area contributed by atoms with Gasteiger partial charge in [0.05, 0.1) is 6.04 Å².